The zero-order chi connectivity index (χ0) is 18.7. The molecule has 0 radical (unpaired) electrons. The molecule has 2 aromatic heterocycles. The summed E-state index contributed by atoms with van der Waals surface area (Å²) in [5.41, 5.74) is 1.05. The highest BCUT2D eigenvalue weighted by Crippen LogP contribution is 2.26. The van der Waals surface area contributed by atoms with Crippen LogP contribution in [0.2, 0.25) is 0 Å². The summed E-state index contributed by atoms with van der Waals surface area (Å²) in [6, 6.07) is 6.84. The summed E-state index contributed by atoms with van der Waals surface area (Å²) in [5.74, 6) is -1.68. The molecule has 0 aliphatic heterocycles. The third-order valence-corrected chi connectivity index (χ3v) is 4.75. The van der Waals surface area contributed by atoms with E-state index in [1.165, 1.54) is 17.8 Å². The maximum atomic E-state index is 13.2. The summed E-state index contributed by atoms with van der Waals surface area (Å²) in [4.78, 5) is 16.3. The Labute approximate surface area is 152 Å². The van der Waals surface area contributed by atoms with Crippen LogP contribution in [0.4, 0.5) is 14.5 Å². The molecule has 6 nitrogen and oxygen atoms in total. The average molecular weight is 375 g/mol. The van der Waals surface area contributed by atoms with Gasteiger partial charge in [0, 0.05) is 36.8 Å². The molecule has 1 amide bonds. The van der Waals surface area contributed by atoms with Gasteiger partial charge in [0.2, 0.25) is 5.91 Å². The number of carbonyl (C=O) groups is 1. The SMILES string of the molecule is C[C@@H](Sc1nnc(-c2ccncc2)n1C)C(=O)Nc1ccc(F)c(F)c1. The predicted octanol–water partition coefficient (Wildman–Crippen LogP) is 3.27. The Morgan fingerprint density at radius 2 is 1.88 bits per heavy atom. The van der Waals surface area contributed by atoms with Crippen LogP contribution in [0, 0.1) is 11.6 Å². The molecule has 0 saturated carbocycles. The molecule has 134 valence electrons. The molecule has 3 rings (SSSR count). The van der Waals surface area contributed by atoms with Crippen molar-refractivity contribution in [2.45, 2.75) is 17.3 Å². The first-order valence-electron chi connectivity index (χ1n) is 7.68. The highest BCUT2D eigenvalue weighted by Gasteiger charge is 2.20. The molecule has 26 heavy (non-hydrogen) atoms. The van der Waals surface area contributed by atoms with Crippen molar-refractivity contribution >= 4 is 23.4 Å². The quantitative estimate of drug-likeness (QED) is 0.693. The smallest absolute Gasteiger partial charge is 0.237 e. The van der Waals surface area contributed by atoms with E-state index in [-0.39, 0.29) is 11.6 Å². The molecule has 0 spiro atoms. The number of thioether (sulfide) groups is 1. The normalized spacial score (nSPS) is 12.0. The number of hydrogen-bond acceptors (Lipinski definition) is 5. The lowest BCUT2D eigenvalue weighted by molar-refractivity contribution is -0.115. The van der Waals surface area contributed by atoms with E-state index in [2.05, 4.69) is 20.5 Å². The molecule has 0 aliphatic carbocycles. The van der Waals surface area contributed by atoms with Crippen LogP contribution in [0.5, 0.6) is 0 Å². The van der Waals surface area contributed by atoms with Gasteiger partial charge >= 0.3 is 0 Å². The fourth-order valence-electron chi connectivity index (χ4n) is 2.20. The zero-order valence-electron chi connectivity index (χ0n) is 14.0. The lowest BCUT2D eigenvalue weighted by atomic mass is 10.2. The largest absolute Gasteiger partial charge is 0.325 e. The van der Waals surface area contributed by atoms with Crippen LogP contribution in [-0.2, 0) is 11.8 Å². The monoisotopic (exact) mass is 375 g/mol. The van der Waals surface area contributed by atoms with Crippen LogP contribution in [0.15, 0.2) is 47.9 Å². The first-order valence-corrected chi connectivity index (χ1v) is 8.56. The zero-order valence-corrected chi connectivity index (χ0v) is 14.8. The third-order valence-electron chi connectivity index (χ3n) is 3.61. The molecule has 0 aliphatic rings. The number of nitrogens with one attached hydrogen (secondary N) is 1. The van der Waals surface area contributed by atoms with Crippen LogP contribution in [0.3, 0.4) is 0 Å². The van der Waals surface area contributed by atoms with Crippen LogP contribution in [0.25, 0.3) is 11.4 Å². The van der Waals surface area contributed by atoms with E-state index in [1.54, 1.807) is 30.9 Å². The van der Waals surface area contributed by atoms with E-state index in [4.69, 9.17) is 0 Å². The molecular formula is C17H15F2N5OS. The van der Waals surface area contributed by atoms with Gasteiger partial charge in [-0.25, -0.2) is 8.78 Å². The summed E-state index contributed by atoms with van der Waals surface area (Å²) >= 11 is 1.21. The first-order chi connectivity index (χ1) is 12.5. The molecule has 1 aromatic carbocycles. The Morgan fingerprint density at radius 3 is 2.58 bits per heavy atom. The summed E-state index contributed by atoms with van der Waals surface area (Å²) < 4.78 is 28.0. The van der Waals surface area contributed by atoms with E-state index < -0.39 is 16.9 Å². The van der Waals surface area contributed by atoms with E-state index >= 15 is 0 Å². The number of carbonyl (C=O) groups excluding carboxylic acids is 1. The molecule has 0 saturated heterocycles. The molecular weight excluding hydrogens is 360 g/mol. The number of amides is 1. The Hall–Kier alpha value is -2.81. The van der Waals surface area contributed by atoms with Gasteiger partial charge in [-0.3, -0.25) is 9.78 Å². The summed E-state index contributed by atoms with van der Waals surface area (Å²) in [6.45, 7) is 1.70. The van der Waals surface area contributed by atoms with Crippen molar-refractivity contribution in [2.75, 3.05) is 5.32 Å². The number of aromatic nitrogens is 4. The van der Waals surface area contributed by atoms with Crippen LogP contribution in [0.1, 0.15) is 6.92 Å². The number of nitrogens with zero attached hydrogens (tertiary/aromatic N) is 4. The van der Waals surface area contributed by atoms with Crippen LogP contribution >= 0.6 is 11.8 Å². The maximum Gasteiger partial charge on any atom is 0.237 e. The van der Waals surface area contributed by atoms with E-state index in [0.717, 1.165) is 17.7 Å². The molecule has 1 N–H and O–H groups in total. The fraction of sp³-hybridized carbons (Fsp3) is 0.176. The average Bonchev–Trinajstić information content (AvgIpc) is 2.99. The van der Waals surface area contributed by atoms with Crippen molar-refractivity contribution < 1.29 is 13.6 Å². The lowest BCUT2D eigenvalue weighted by Crippen LogP contribution is -2.23. The number of halogens is 2. The summed E-state index contributed by atoms with van der Waals surface area (Å²) in [7, 11) is 1.80. The summed E-state index contributed by atoms with van der Waals surface area (Å²) in [6.07, 6.45) is 3.32. The topological polar surface area (TPSA) is 72.7 Å². The number of rotatable bonds is 5. The Morgan fingerprint density at radius 1 is 1.15 bits per heavy atom. The first kappa shape index (κ1) is 18.0. The number of pyridine rings is 1. The second kappa shape index (κ2) is 7.61. The minimum absolute atomic E-state index is 0.191. The number of anilines is 1. The molecule has 0 unspecified atom stereocenters. The molecule has 3 aromatic rings. The Kier molecular flexibility index (Phi) is 5.27. The van der Waals surface area contributed by atoms with Gasteiger partial charge in [0.05, 0.1) is 5.25 Å². The van der Waals surface area contributed by atoms with Gasteiger partial charge in [-0.1, -0.05) is 11.8 Å². The van der Waals surface area contributed by atoms with Crippen molar-refractivity contribution in [1.82, 2.24) is 19.7 Å². The molecule has 0 fully saturated rings. The standard InChI is InChI=1S/C17H15F2N5OS/c1-10(16(25)21-12-3-4-13(18)14(19)9-12)26-17-23-22-15(24(17)2)11-5-7-20-8-6-11/h3-10H,1-2H3,(H,21,25)/t10-/m1/s1. The molecule has 9 heteroatoms. The van der Waals surface area contributed by atoms with Crippen LogP contribution < -0.4 is 5.32 Å². The minimum atomic E-state index is -1.02. The highest BCUT2D eigenvalue weighted by molar-refractivity contribution is 8.00. The minimum Gasteiger partial charge on any atom is -0.325 e. The van der Waals surface area contributed by atoms with E-state index in [9.17, 15) is 13.6 Å². The van der Waals surface area contributed by atoms with Gasteiger partial charge in [0.25, 0.3) is 0 Å². The molecule has 2 heterocycles. The third kappa shape index (κ3) is 3.88. The lowest BCUT2D eigenvalue weighted by Gasteiger charge is -2.12. The van der Waals surface area contributed by atoms with Crippen molar-refractivity contribution in [2.24, 2.45) is 7.05 Å². The highest BCUT2D eigenvalue weighted by atomic mass is 32.2. The fourth-order valence-corrected chi connectivity index (χ4v) is 3.01. The second-order valence-electron chi connectivity index (χ2n) is 5.48. The van der Waals surface area contributed by atoms with Gasteiger partial charge in [0.1, 0.15) is 0 Å². The predicted molar refractivity (Wildman–Crippen MR) is 94.5 cm³/mol. The maximum absolute atomic E-state index is 13.2. The molecule has 1 atom stereocenters. The van der Waals surface area contributed by atoms with Crippen molar-refractivity contribution in [3.05, 3.63) is 54.4 Å². The van der Waals surface area contributed by atoms with E-state index in [0.29, 0.717) is 11.0 Å². The second-order valence-corrected chi connectivity index (χ2v) is 6.79. The molecule has 0 bridgehead atoms. The van der Waals surface area contributed by atoms with Crippen molar-refractivity contribution in [3.8, 4) is 11.4 Å². The van der Waals surface area contributed by atoms with Gasteiger partial charge in [-0.15, -0.1) is 10.2 Å². The Balaban J connectivity index is 1.69. The van der Waals surface area contributed by atoms with Crippen molar-refractivity contribution in [3.63, 3.8) is 0 Å². The Bertz CT molecular complexity index is 932. The van der Waals surface area contributed by atoms with Gasteiger partial charge in [-0.2, -0.15) is 0 Å². The van der Waals surface area contributed by atoms with Crippen LogP contribution in [-0.4, -0.2) is 30.9 Å². The number of benzene rings is 1. The van der Waals surface area contributed by atoms with E-state index in [1.807, 2.05) is 12.1 Å². The van der Waals surface area contributed by atoms with Gasteiger partial charge in [0.15, 0.2) is 22.6 Å². The van der Waals surface area contributed by atoms with Gasteiger partial charge in [-0.05, 0) is 31.2 Å². The summed E-state index contributed by atoms with van der Waals surface area (Å²) in [5, 5.41) is 10.9. The number of hydrogen-bond donors (Lipinski definition) is 1. The van der Waals surface area contributed by atoms with Crippen molar-refractivity contribution in [1.29, 1.82) is 0 Å². The van der Waals surface area contributed by atoms with Gasteiger partial charge < -0.3 is 9.88 Å².